The predicted molar refractivity (Wildman–Crippen MR) is 106 cm³/mol. The van der Waals surface area contributed by atoms with E-state index in [2.05, 4.69) is 5.32 Å². The molecule has 2 aromatic rings. The minimum absolute atomic E-state index is 0.193. The molecule has 0 saturated heterocycles. The van der Waals surface area contributed by atoms with Crippen molar-refractivity contribution in [2.45, 2.75) is 6.42 Å². The molecule has 0 aliphatic heterocycles. The first kappa shape index (κ1) is 20.3. The summed E-state index contributed by atoms with van der Waals surface area (Å²) >= 11 is 0. The van der Waals surface area contributed by atoms with Crippen LogP contribution in [0.4, 0.5) is 10.1 Å². The van der Waals surface area contributed by atoms with Gasteiger partial charge in [-0.3, -0.25) is 4.79 Å². The van der Waals surface area contributed by atoms with E-state index in [0.717, 1.165) is 5.56 Å². The fraction of sp³-hybridized carbons (Fsp3) is 0.286. The molecule has 1 amide bonds. The quantitative estimate of drug-likeness (QED) is 0.541. The van der Waals surface area contributed by atoms with Crippen LogP contribution in [0.1, 0.15) is 12.0 Å². The van der Waals surface area contributed by atoms with Crippen molar-refractivity contribution < 1.29 is 18.7 Å². The van der Waals surface area contributed by atoms with Gasteiger partial charge in [-0.1, -0.05) is 12.1 Å². The zero-order valence-corrected chi connectivity index (χ0v) is 15.9. The van der Waals surface area contributed by atoms with Gasteiger partial charge in [0.1, 0.15) is 17.3 Å². The second-order valence-electron chi connectivity index (χ2n) is 5.96. The number of rotatable bonds is 9. The molecule has 0 heterocycles. The van der Waals surface area contributed by atoms with Crippen LogP contribution in [-0.2, 0) is 4.79 Å². The Hall–Kier alpha value is -3.02. The molecule has 2 rings (SSSR count). The minimum Gasteiger partial charge on any atom is -0.497 e. The lowest BCUT2D eigenvalue weighted by Gasteiger charge is -2.19. The molecule has 0 radical (unpaired) electrons. The van der Waals surface area contributed by atoms with E-state index < -0.39 is 0 Å². The maximum atomic E-state index is 13.7. The second kappa shape index (κ2) is 10.2. The molecule has 0 fully saturated rings. The highest BCUT2D eigenvalue weighted by Crippen LogP contribution is 2.25. The highest BCUT2D eigenvalue weighted by molar-refractivity contribution is 5.92. The first-order valence-corrected chi connectivity index (χ1v) is 8.68. The zero-order chi connectivity index (χ0) is 19.6. The van der Waals surface area contributed by atoms with E-state index in [0.29, 0.717) is 36.7 Å². The number of hydrogen-bond acceptors (Lipinski definition) is 4. The summed E-state index contributed by atoms with van der Waals surface area (Å²) in [5.41, 5.74) is 1.34. The van der Waals surface area contributed by atoms with Gasteiger partial charge in [0, 0.05) is 37.8 Å². The molecule has 1 N–H and O–H groups in total. The first-order chi connectivity index (χ1) is 13.0. The number of para-hydroxylation sites is 1. The maximum absolute atomic E-state index is 13.7. The van der Waals surface area contributed by atoms with Crippen LogP contribution < -0.4 is 19.7 Å². The Bertz CT molecular complexity index is 793. The van der Waals surface area contributed by atoms with Crippen molar-refractivity contribution in [1.29, 1.82) is 0 Å². The Morgan fingerprint density at radius 3 is 2.67 bits per heavy atom. The van der Waals surface area contributed by atoms with Gasteiger partial charge in [0.05, 0.1) is 19.9 Å². The molecular formula is C21H25FN2O3. The lowest BCUT2D eigenvalue weighted by atomic mass is 10.1. The number of nitrogens with one attached hydrogen (secondary N) is 1. The van der Waals surface area contributed by atoms with Crippen molar-refractivity contribution in [2.75, 3.05) is 39.3 Å². The Morgan fingerprint density at radius 1 is 1.19 bits per heavy atom. The van der Waals surface area contributed by atoms with E-state index in [-0.39, 0.29) is 11.7 Å². The number of nitrogens with zero attached hydrogens (tertiary/aromatic N) is 1. The molecule has 2 aromatic carbocycles. The second-order valence-corrected chi connectivity index (χ2v) is 5.96. The summed E-state index contributed by atoms with van der Waals surface area (Å²) in [6.45, 7) is 1.14. The maximum Gasteiger partial charge on any atom is 0.244 e. The van der Waals surface area contributed by atoms with Crippen LogP contribution in [-0.4, -0.2) is 40.3 Å². The normalized spacial score (nSPS) is 10.7. The SMILES string of the molecule is COc1ccc(/C=C/C(=O)NCCCN(C)c2ccccc2F)c(OC)c1. The van der Waals surface area contributed by atoms with Gasteiger partial charge in [0.25, 0.3) is 0 Å². The topological polar surface area (TPSA) is 50.8 Å². The van der Waals surface area contributed by atoms with Gasteiger partial charge < -0.3 is 19.7 Å². The van der Waals surface area contributed by atoms with Crippen LogP contribution in [0.3, 0.4) is 0 Å². The van der Waals surface area contributed by atoms with E-state index in [4.69, 9.17) is 9.47 Å². The molecule has 0 aliphatic rings. The fourth-order valence-corrected chi connectivity index (χ4v) is 2.59. The number of ether oxygens (including phenoxy) is 2. The predicted octanol–water partition coefficient (Wildman–Crippen LogP) is 3.50. The smallest absolute Gasteiger partial charge is 0.244 e. The lowest BCUT2D eigenvalue weighted by Crippen LogP contribution is -2.27. The van der Waals surface area contributed by atoms with Gasteiger partial charge in [-0.25, -0.2) is 4.39 Å². The molecule has 5 nitrogen and oxygen atoms in total. The zero-order valence-electron chi connectivity index (χ0n) is 15.9. The van der Waals surface area contributed by atoms with Gasteiger partial charge >= 0.3 is 0 Å². The number of halogens is 1. The van der Waals surface area contributed by atoms with Crippen LogP contribution in [0.5, 0.6) is 11.5 Å². The molecule has 6 heteroatoms. The van der Waals surface area contributed by atoms with Gasteiger partial charge in [0.2, 0.25) is 5.91 Å². The summed E-state index contributed by atoms with van der Waals surface area (Å²) in [6, 6.07) is 12.0. The van der Waals surface area contributed by atoms with Crippen LogP contribution in [0.2, 0.25) is 0 Å². The average molecular weight is 372 g/mol. The van der Waals surface area contributed by atoms with E-state index in [9.17, 15) is 9.18 Å². The van der Waals surface area contributed by atoms with Crippen LogP contribution in [0.25, 0.3) is 6.08 Å². The van der Waals surface area contributed by atoms with Crippen LogP contribution in [0.15, 0.2) is 48.5 Å². The summed E-state index contributed by atoms with van der Waals surface area (Å²) in [6.07, 6.45) is 3.86. The Labute approximate surface area is 159 Å². The summed E-state index contributed by atoms with van der Waals surface area (Å²) in [5, 5.41) is 2.82. The van der Waals surface area contributed by atoms with E-state index in [1.54, 1.807) is 50.6 Å². The molecule has 0 spiro atoms. The largest absolute Gasteiger partial charge is 0.497 e. The number of anilines is 1. The first-order valence-electron chi connectivity index (χ1n) is 8.68. The van der Waals surface area contributed by atoms with E-state index in [1.165, 1.54) is 12.1 Å². The number of amides is 1. The monoisotopic (exact) mass is 372 g/mol. The number of benzene rings is 2. The average Bonchev–Trinajstić information content (AvgIpc) is 2.69. The summed E-state index contributed by atoms with van der Waals surface area (Å²) in [7, 11) is 4.98. The Kier molecular flexibility index (Phi) is 7.67. The third kappa shape index (κ3) is 6.02. The van der Waals surface area contributed by atoms with Crippen molar-refractivity contribution in [2.24, 2.45) is 0 Å². The van der Waals surface area contributed by atoms with Gasteiger partial charge in [0.15, 0.2) is 0 Å². The molecule has 0 bridgehead atoms. The van der Waals surface area contributed by atoms with Crippen LogP contribution in [0, 0.1) is 5.82 Å². The number of hydrogen-bond donors (Lipinski definition) is 1. The summed E-state index contributed by atoms with van der Waals surface area (Å²) < 4.78 is 24.2. The summed E-state index contributed by atoms with van der Waals surface area (Å²) in [4.78, 5) is 13.8. The van der Waals surface area contributed by atoms with Crippen molar-refractivity contribution in [1.82, 2.24) is 5.32 Å². The standard InChI is InChI=1S/C21H25FN2O3/c1-24(19-8-5-4-7-18(19)22)14-6-13-23-21(25)12-10-16-9-11-17(26-2)15-20(16)27-3/h4-5,7-12,15H,6,13-14H2,1-3H3,(H,23,25)/b12-10+. The third-order valence-electron chi connectivity index (χ3n) is 4.09. The highest BCUT2D eigenvalue weighted by Gasteiger charge is 2.06. The van der Waals surface area contributed by atoms with Gasteiger partial charge in [-0.15, -0.1) is 0 Å². The molecular weight excluding hydrogens is 347 g/mol. The van der Waals surface area contributed by atoms with Gasteiger partial charge in [-0.05, 0) is 36.8 Å². The fourth-order valence-electron chi connectivity index (χ4n) is 2.59. The number of carbonyl (C=O) groups excluding carboxylic acids is 1. The number of methoxy groups -OCH3 is 2. The van der Waals surface area contributed by atoms with Gasteiger partial charge in [-0.2, -0.15) is 0 Å². The molecule has 0 unspecified atom stereocenters. The van der Waals surface area contributed by atoms with Crippen molar-refractivity contribution in [3.63, 3.8) is 0 Å². The number of carbonyl (C=O) groups is 1. The van der Waals surface area contributed by atoms with E-state index in [1.807, 2.05) is 18.0 Å². The highest BCUT2D eigenvalue weighted by atomic mass is 19.1. The molecule has 0 atom stereocenters. The van der Waals surface area contributed by atoms with E-state index >= 15 is 0 Å². The molecule has 0 aromatic heterocycles. The molecule has 144 valence electrons. The minimum atomic E-state index is -0.250. The van der Waals surface area contributed by atoms with Crippen LogP contribution >= 0.6 is 0 Å². The third-order valence-corrected chi connectivity index (χ3v) is 4.09. The molecule has 0 saturated carbocycles. The van der Waals surface area contributed by atoms with Crippen molar-refractivity contribution >= 4 is 17.7 Å². The molecule has 27 heavy (non-hydrogen) atoms. The van der Waals surface area contributed by atoms with Crippen molar-refractivity contribution in [3.05, 3.63) is 59.9 Å². The molecule has 0 aliphatic carbocycles. The Balaban J connectivity index is 1.79. The summed E-state index contributed by atoms with van der Waals surface area (Å²) in [5.74, 6) is 0.874. The van der Waals surface area contributed by atoms with Crippen molar-refractivity contribution in [3.8, 4) is 11.5 Å². The Morgan fingerprint density at radius 2 is 1.96 bits per heavy atom. The lowest BCUT2D eigenvalue weighted by molar-refractivity contribution is -0.116.